The lowest BCUT2D eigenvalue weighted by Gasteiger charge is -2.61. The monoisotopic (exact) mass is 770 g/mol. The third-order valence-electron chi connectivity index (χ3n) is 15.2. The number of para-hydroxylation sites is 2. The SMILES string of the molecule is c1ccc(-c2cccc(N(c3ccc4c5ccccc5n(-c5ccccc5)c4c3)c3cccc4c3-c3ccccc3C43C4CC5CC(C4)CC3C5)c2-c2ccccc2)cc1. The molecule has 2 heteroatoms. The zero-order chi connectivity index (χ0) is 39.4. The lowest BCUT2D eigenvalue weighted by atomic mass is 9.43. The minimum Gasteiger partial charge on any atom is -0.309 e. The van der Waals surface area contributed by atoms with Crippen molar-refractivity contribution in [1.82, 2.24) is 4.57 Å². The molecule has 5 aliphatic carbocycles. The van der Waals surface area contributed by atoms with E-state index in [1.54, 1.807) is 11.1 Å². The highest BCUT2D eigenvalue weighted by Crippen LogP contribution is 2.70. The molecule has 1 spiro atoms. The van der Waals surface area contributed by atoms with Gasteiger partial charge < -0.3 is 9.47 Å². The van der Waals surface area contributed by atoms with E-state index in [-0.39, 0.29) is 5.41 Å². The predicted molar refractivity (Wildman–Crippen MR) is 250 cm³/mol. The molecule has 1 aromatic heterocycles. The molecule has 1 heterocycles. The van der Waals surface area contributed by atoms with E-state index in [0.717, 1.165) is 17.5 Å². The van der Waals surface area contributed by atoms with E-state index in [4.69, 9.17) is 0 Å². The molecule has 0 atom stereocenters. The highest BCUT2D eigenvalue weighted by molar-refractivity contribution is 6.11. The average Bonchev–Trinajstić information content (AvgIpc) is 3.80. The summed E-state index contributed by atoms with van der Waals surface area (Å²) in [6, 6.07) is 72.9. The minimum absolute atomic E-state index is 0.0683. The van der Waals surface area contributed by atoms with Gasteiger partial charge in [-0.1, -0.05) is 152 Å². The largest absolute Gasteiger partial charge is 0.309 e. The number of rotatable bonds is 6. The topological polar surface area (TPSA) is 8.17 Å². The third kappa shape index (κ3) is 4.82. The maximum Gasteiger partial charge on any atom is 0.0561 e. The first kappa shape index (κ1) is 34.2. The summed E-state index contributed by atoms with van der Waals surface area (Å²) in [5.41, 5.74) is 18.2. The molecule has 288 valence electrons. The number of benzene rings is 8. The third-order valence-corrected chi connectivity index (χ3v) is 15.2. The zero-order valence-electron chi connectivity index (χ0n) is 33.7. The Morgan fingerprint density at radius 3 is 1.73 bits per heavy atom. The number of nitrogens with zero attached hydrogens (tertiary/aromatic N) is 2. The molecule has 2 nitrogen and oxygen atoms in total. The van der Waals surface area contributed by atoms with Crippen LogP contribution in [0.15, 0.2) is 194 Å². The molecule has 4 bridgehead atoms. The van der Waals surface area contributed by atoms with E-state index in [9.17, 15) is 0 Å². The van der Waals surface area contributed by atoms with Crippen LogP contribution in [0.1, 0.15) is 43.2 Å². The molecule has 0 aliphatic heterocycles. The van der Waals surface area contributed by atoms with Crippen molar-refractivity contribution in [1.29, 1.82) is 0 Å². The van der Waals surface area contributed by atoms with Gasteiger partial charge in [0, 0.05) is 38.7 Å². The van der Waals surface area contributed by atoms with Crippen molar-refractivity contribution in [2.24, 2.45) is 23.7 Å². The summed E-state index contributed by atoms with van der Waals surface area (Å²) in [4.78, 5) is 2.63. The molecule has 8 aromatic carbocycles. The van der Waals surface area contributed by atoms with Crippen molar-refractivity contribution >= 4 is 38.9 Å². The van der Waals surface area contributed by atoms with Crippen LogP contribution in [0.25, 0.3) is 60.9 Å². The van der Waals surface area contributed by atoms with Crippen molar-refractivity contribution in [3.05, 3.63) is 205 Å². The van der Waals surface area contributed by atoms with Gasteiger partial charge in [0.1, 0.15) is 0 Å². The maximum atomic E-state index is 2.63. The van der Waals surface area contributed by atoms with Gasteiger partial charge in [0.25, 0.3) is 0 Å². The second kappa shape index (κ2) is 13.2. The molecule has 0 unspecified atom stereocenters. The normalized spacial score (nSPS) is 22.1. The van der Waals surface area contributed by atoms with Gasteiger partial charge in [-0.05, 0) is 132 Å². The molecule has 60 heavy (non-hydrogen) atoms. The molecule has 0 radical (unpaired) electrons. The molecular formula is C58H46N2. The van der Waals surface area contributed by atoms with Gasteiger partial charge >= 0.3 is 0 Å². The Morgan fingerprint density at radius 1 is 0.417 bits per heavy atom. The number of fused-ring (bicyclic) bond motifs is 6. The Bertz CT molecular complexity index is 3080. The fourth-order valence-electron chi connectivity index (χ4n) is 13.2. The van der Waals surface area contributed by atoms with Gasteiger partial charge in [-0.2, -0.15) is 0 Å². The molecule has 4 fully saturated rings. The van der Waals surface area contributed by atoms with Gasteiger partial charge in [0.15, 0.2) is 0 Å². The predicted octanol–water partition coefficient (Wildman–Crippen LogP) is 15.3. The van der Waals surface area contributed by atoms with Crippen LogP contribution in [-0.4, -0.2) is 4.57 Å². The summed E-state index contributed by atoms with van der Waals surface area (Å²) in [5, 5.41) is 2.53. The van der Waals surface area contributed by atoms with Crippen molar-refractivity contribution < 1.29 is 0 Å². The van der Waals surface area contributed by atoms with Crippen molar-refractivity contribution in [2.75, 3.05) is 4.90 Å². The highest BCUT2D eigenvalue weighted by Gasteiger charge is 2.61. The van der Waals surface area contributed by atoms with E-state index >= 15 is 0 Å². The average molecular weight is 771 g/mol. The van der Waals surface area contributed by atoms with Crippen LogP contribution in [0, 0.1) is 23.7 Å². The van der Waals surface area contributed by atoms with E-state index in [1.165, 1.54) is 104 Å². The van der Waals surface area contributed by atoms with Crippen molar-refractivity contribution in [3.8, 4) is 39.1 Å². The fraction of sp³-hybridized carbons (Fsp3) is 0.172. The molecule has 9 aromatic rings. The van der Waals surface area contributed by atoms with Crippen LogP contribution in [0.4, 0.5) is 17.1 Å². The van der Waals surface area contributed by atoms with Crippen LogP contribution in [0.5, 0.6) is 0 Å². The number of aromatic nitrogens is 1. The zero-order valence-corrected chi connectivity index (χ0v) is 33.7. The Labute approximate surface area is 352 Å². The van der Waals surface area contributed by atoms with E-state index in [2.05, 4.69) is 204 Å². The fourth-order valence-corrected chi connectivity index (χ4v) is 13.2. The van der Waals surface area contributed by atoms with E-state index in [1.807, 2.05) is 0 Å². The molecule has 0 amide bonds. The van der Waals surface area contributed by atoms with Crippen LogP contribution in [0.2, 0.25) is 0 Å². The lowest BCUT2D eigenvalue weighted by Crippen LogP contribution is -2.55. The molecular weight excluding hydrogens is 725 g/mol. The minimum atomic E-state index is 0.0683. The van der Waals surface area contributed by atoms with Crippen LogP contribution in [-0.2, 0) is 5.41 Å². The first-order valence-electron chi connectivity index (χ1n) is 22.1. The molecule has 4 saturated carbocycles. The molecule has 5 aliphatic rings. The number of anilines is 3. The van der Waals surface area contributed by atoms with Crippen LogP contribution in [0.3, 0.4) is 0 Å². The quantitative estimate of drug-likeness (QED) is 0.163. The number of hydrogen-bond acceptors (Lipinski definition) is 1. The summed E-state index contributed by atoms with van der Waals surface area (Å²) in [7, 11) is 0. The summed E-state index contributed by atoms with van der Waals surface area (Å²) < 4.78 is 2.46. The van der Waals surface area contributed by atoms with Crippen molar-refractivity contribution in [2.45, 2.75) is 37.5 Å². The van der Waals surface area contributed by atoms with Crippen LogP contribution < -0.4 is 4.90 Å². The smallest absolute Gasteiger partial charge is 0.0561 e. The summed E-state index contributed by atoms with van der Waals surface area (Å²) >= 11 is 0. The Morgan fingerprint density at radius 2 is 0.983 bits per heavy atom. The van der Waals surface area contributed by atoms with Gasteiger partial charge in [-0.25, -0.2) is 0 Å². The Hall–Kier alpha value is -6.64. The van der Waals surface area contributed by atoms with Gasteiger partial charge in [-0.3, -0.25) is 0 Å². The molecule has 14 rings (SSSR count). The second-order valence-corrected chi connectivity index (χ2v) is 18.1. The number of hydrogen-bond donors (Lipinski definition) is 0. The lowest BCUT2D eigenvalue weighted by molar-refractivity contribution is -0.0399. The first-order chi connectivity index (χ1) is 29.8. The highest BCUT2D eigenvalue weighted by atomic mass is 15.2. The Balaban J connectivity index is 1.13. The van der Waals surface area contributed by atoms with E-state index in [0.29, 0.717) is 11.8 Å². The van der Waals surface area contributed by atoms with Gasteiger partial charge in [-0.15, -0.1) is 0 Å². The standard InChI is InChI=1S/C58H46N2/c1-4-16-40(17-5-1)46-24-14-28-53(56(46)41-18-6-2-7-19-41)60(45-30-31-48-47-22-11-13-27-52(47)59(55(48)37-45)44-20-8-3-9-21-44)54-29-15-26-51-57(54)49-23-10-12-25-50(49)58(51)42-33-38-32-39(35-42)36-43(58)34-38/h1-31,37-39,42-43H,32-36H2. The summed E-state index contributed by atoms with van der Waals surface area (Å²) in [5.74, 6) is 3.18. The van der Waals surface area contributed by atoms with Gasteiger partial charge in [0.05, 0.1) is 22.4 Å². The Kier molecular flexibility index (Phi) is 7.52. The summed E-state index contributed by atoms with van der Waals surface area (Å²) in [6.07, 6.45) is 6.92. The van der Waals surface area contributed by atoms with Crippen LogP contribution >= 0.6 is 0 Å². The van der Waals surface area contributed by atoms with Crippen molar-refractivity contribution in [3.63, 3.8) is 0 Å². The second-order valence-electron chi connectivity index (χ2n) is 18.1. The molecule has 0 saturated heterocycles. The molecule has 0 N–H and O–H groups in total. The first-order valence-corrected chi connectivity index (χ1v) is 22.1. The van der Waals surface area contributed by atoms with E-state index < -0.39 is 0 Å². The summed E-state index contributed by atoms with van der Waals surface area (Å²) in [6.45, 7) is 0. The maximum absolute atomic E-state index is 2.63. The van der Waals surface area contributed by atoms with Gasteiger partial charge in [0.2, 0.25) is 0 Å².